The molecule has 0 saturated heterocycles. The minimum atomic E-state index is -0.112. The molecule has 0 aliphatic heterocycles. The van der Waals surface area contributed by atoms with E-state index < -0.39 is 0 Å². The molecule has 0 spiro atoms. The molecule has 1 amide bonds. The van der Waals surface area contributed by atoms with Crippen LogP contribution in [0.5, 0.6) is 0 Å². The summed E-state index contributed by atoms with van der Waals surface area (Å²) >= 11 is 0. The first-order chi connectivity index (χ1) is 8.93. The number of carbonyl (C=O) groups excluding carboxylic acids is 1. The first-order valence-electron chi connectivity index (χ1n) is 7.68. The SMILES string of the molecule is CCN(CC(=O)NC(C)(C)CC)C1CCCC1CN. The van der Waals surface area contributed by atoms with Gasteiger partial charge in [-0.15, -0.1) is 0 Å². The fourth-order valence-electron chi connectivity index (χ4n) is 2.93. The number of likely N-dealkylation sites (N-methyl/N-ethyl adjacent to an activating group) is 1. The van der Waals surface area contributed by atoms with E-state index in [9.17, 15) is 4.79 Å². The first-order valence-corrected chi connectivity index (χ1v) is 7.68. The van der Waals surface area contributed by atoms with E-state index in [1.54, 1.807) is 0 Å². The number of hydrogen-bond acceptors (Lipinski definition) is 3. The summed E-state index contributed by atoms with van der Waals surface area (Å²) in [5.74, 6) is 0.698. The maximum absolute atomic E-state index is 12.2. The molecule has 3 N–H and O–H groups in total. The summed E-state index contributed by atoms with van der Waals surface area (Å²) in [5.41, 5.74) is 5.73. The average molecular weight is 269 g/mol. The van der Waals surface area contributed by atoms with E-state index >= 15 is 0 Å². The molecule has 4 heteroatoms. The lowest BCUT2D eigenvalue weighted by Gasteiger charge is -2.33. The highest BCUT2D eigenvalue weighted by Crippen LogP contribution is 2.29. The predicted octanol–water partition coefficient (Wildman–Crippen LogP) is 1.74. The van der Waals surface area contributed by atoms with Crippen molar-refractivity contribution in [1.82, 2.24) is 10.2 Å². The molecule has 0 radical (unpaired) electrons. The highest BCUT2D eigenvalue weighted by atomic mass is 16.2. The summed E-state index contributed by atoms with van der Waals surface area (Å²) in [5, 5.41) is 3.12. The van der Waals surface area contributed by atoms with Gasteiger partial charge in [-0.25, -0.2) is 0 Å². The van der Waals surface area contributed by atoms with Gasteiger partial charge in [0, 0.05) is 11.6 Å². The molecule has 112 valence electrons. The Morgan fingerprint density at radius 1 is 1.37 bits per heavy atom. The third kappa shape index (κ3) is 4.77. The van der Waals surface area contributed by atoms with Gasteiger partial charge in [0.15, 0.2) is 0 Å². The molecule has 0 aromatic carbocycles. The van der Waals surface area contributed by atoms with Gasteiger partial charge in [0.2, 0.25) is 5.91 Å². The van der Waals surface area contributed by atoms with Gasteiger partial charge in [-0.05, 0) is 52.1 Å². The lowest BCUT2D eigenvalue weighted by molar-refractivity contribution is -0.124. The molecule has 0 heterocycles. The second-order valence-electron chi connectivity index (χ2n) is 6.34. The van der Waals surface area contributed by atoms with Crippen molar-refractivity contribution in [2.75, 3.05) is 19.6 Å². The lowest BCUT2D eigenvalue weighted by atomic mass is 10.0. The number of nitrogens with two attached hydrogens (primary N) is 1. The highest BCUT2D eigenvalue weighted by molar-refractivity contribution is 5.78. The Bertz CT molecular complexity index is 291. The fourth-order valence-corrected chi connectivity index (χ4v) is 2.93. The van der Waals surface area contributed by atoms with Crippen LogP contribution in [0.3, 0.4) is 0 Å². The molecule has 19 heavy (non-hydrogen) atoms. The summed E-state index contributed by atoms with van der Waals surface area (Å²) in [6.45, 7) is 10.5. The zero-order valence-corrected chi connectivity index (χ0v) is 13.0. The largest absolute Gasteiger partial charge is 0.350 e. The maximum atomic E-state index is 12.2. The Kier molecular flexibility index (Phi) is 6.27. The quantitative estimate of drug-likeness (QED) is 0.740. The average Bonchev–Trinajstić information content (AvgIpc) is 2.83. The molecule has 1 aliphatic rings. The third-order valence-corrected chi connectivity index (χ3v) is 4.51. The second-order valence-corrected chi connectivity index (χ2v) is 6.34. The molecule has 1 saturated carbocycles. The topological polar surface area (TPSA) is 58.4 Å². The Hall–Kier alpha value is -0.610. The van der Waals surface area contributed by atoms with E-state index in [0.717, 1.165) is 19.5 Å². The van der Waals surface area contributed by atoms with Crippen molar-refractivity contribution >= 4 is 5.91 Å². The molecule has 0 aromatic rings. The summed E-state index contributed by atoms with van der Waals surface area (Å²) in [7, 11) is 0. The predicted molar refractivity (Wildman–Crippen MR) is 79.9 cm³/mol. The molecule has 4 nitrogen and oxygen atoms in total. The van der Waals surface area contributed by atoms with Crippen LogP contribution in [-0.4, -0.2) is 42.0 Å². The van der Waals surface area contributed by atoms with E-state index in [1.807, 2.05) is 0 Å². The van der Waals surface area contributed by atoms with Crippen molar-refractivity contribution in [3.63, 3.8) is 0 Å². The van der Waals surface area contributed by atoms with Crippen molar-refractivity contribution in [3.05, 3.63) is 0 Å². The van der Waals surface area contributed by atoms with Crippen LogP contribution in [0, 0.1) is 5.92 Å². The molecular weight excluding hydrogens is 238 g/mol. The van der Waals surface area contributed by atoms with Crippen LogP contribution in [0.4, 0.5) is 0 Å². The standard InChI is InChI=1S/C15H31N3O/c1-5-15(3,4)17-14(19)11-18(6-2)13-9-7-8-12(13)10-16/h12-13H,5-11,16H2,1-4H3,(H,17,19). The van der Waals surface area contributed by atoms with E-state index in [1.165, 1.54) is 19.3 Å². The first kappa shape index (κ1) is 16.4. The number of amides is 1. The van der Waals surface area contributed by atoms with Gasteiger partial charge in [0.25, 0.3) is 0 Å². The number of rotatable bonds is 7. The van der Waals surface area contributed by atoms with Crippen LogP contribution < -0.4 is 11.1 Å². The molecule has 1 rings (SSSR count). The molecule has 0 bridgehead atoms. The van der Waals surface area contributed by atoms with E-state index in [0.29, 0.717) is 18.5 Å². The van der Waals surface area contributed by atoms with Crippen molar-refractivity contribution in [3.8, 4) is 0 Å². The number of nitrogens with one attached hydrogen (secondary N) is 1. The molecule has 2 unspecified atom stereocenters. The molecule has 2 atom stereocenters. The third-order valence-electron chi connectivity index (χ3n) is 4.51. The van der Waals surface area contributed by atoms with Crippen molar-refractivity contribution in [1.29, 1.82) is 0 Å². The van der Waals surface area contributed by atoms with Gasteiger partial charge < -0.3 is 11.1 Å². The van der Waals surface area contributed by atoms with Crippen molar-refractivity contribution in [2.24, 2.45) is 11.7 Å². The van der Waals surface area contributed by atoms with Crippen molar-refractivity contribution in [2.45, 2.75) is 65.0 Å². The Morgan fingerprint density at radius 3 is 2.58 bits per heavy atom. The van der Waals surface area contributed by atoms with Gasteiger partial charge >= 0.3 is 0 Å². The van der Waals surface area contributed by atoms with E-state index in [2.05, 4.69) is 37.9 Å². The maximum Gasteiger partial charge on any atom is 0.234 e. The van der Waals surface area contributed by atoms with Crippen LogP contribution in [0.25, 0.3) is 0 Å². The summed E-state index contributed by atoms with van der Waals surface area (Å²) in [6.07, 6.45) is 4.57. The van der Waals surface area contributed by atoms with Crippen LogP contribution in [0.2, 0.25) is 0 Å². The van der Waals surface area contributed by atoms with Gasteiger partial charge in [0.05, 0.1) is 6.54 Å². The zero-order valence-electron chi connectivity index (χ0n) is 13.0. The van der Waals surface area contributed by atoms with Gasteiger partial charge in [-0.2, -0.15) is 0 Å². The molecular formula is C15H31N3O. The number of hydrogen-bond donors (Lipinski definition) is 2. The second kappa shape index (κ2) is 7.25. The monoisotopic (exact) mass is 269 g/mol. The van der Waals surface area contributed by atoms with Crippen molar-refractivity contribution < 1.29 is 4.79 Å². The minimum Gasteiger partial charge on any atom is -0.350 e. The van der Waals surface area contributed by atoms with Gasteiger partial charge in [-0.1, -0.05) is 20.3 Å². The van der Waals surface area contributed by atoms with E-state index in [4.69, 9.17) is 5.73 Å². The molecule has 0 aromatic heterocycles. The number of nitrogens with zero attached hydrogens (tertiary/aromatic N) is 1. The summed E-state index contributed by atoms with van der Waals surface area (Å²) in [6, 6.07) is 0.491. The van der Waals surface area contributed by atoms with Gasteiger partial charge in [-0.3, -0.25) is 9.69 Å². The Labute approximate surface area is 118 Å². The normalized spacial score (nSPS) is 23.9. The van der Waals surface area contributed by atoms with Crippen LogP contribution >= 0.6 is 0 Å². The Morgan fingerprint density at radius 2 is 2.05 bits per heavy atom. The fraction of sp³-hybridized carbons (Fsp3) is 0.933. The molecule has 1 aliphatic carbocycles. The highest BCUT2D eigenvalue weighted by Gasteiger charge is 2.31. The van der Waals surface area contributed by atoms with E-state index in [-0.39, 0.29) is 11.4 Å². The van der Waals surface area contributed by atoms with Gasteiger partial charge in [0.1, 0.15) is 0 Å². The molecule has 1 fully saturated rings. The zero-order chi connectivity index (χ0) is 14.5. The van der Waals surface area contributed by atoms with Crippen LogP contribution in [-0.2, 0) is 4.79 Å². The smallest absolute Gasteiger partial charge is 0.234 e. The van der Waals surface area contributed by atoms with Crippen LogP contribution in [0.15, 0.2) is 0 Å². The summed E-state index contributed by atoms with van der Waals surface area (Å²) < 4.78 is 0. The summed E-state index contributed by atoms with van der Waals surface area (Å²) in [4.78, 5) is 14.5. The lowest BCUT2D eigenvalue weighted by Crippen LogP contribution is -2.50. The Balaban J connectivity index is 2.54. The minimum absolute atomic E-state index is 0.112. The van der Waals surface area contributed by atoms with Crippen LogP contribution in [0.1, 0.15) is 53.4 Å². The number of carbonyl (C=O) groups is 1.